The van der Waals surface area contributed by atoms with Crippen LogP contribution in [0.25, 0.3) is 11.0 Å². The number of hydrogen-bond donors (Lipinski definition) is 0. The molecule has 6 nitrogen and oxygen atoms in total. The molecule has 0 aliphatic carbocycles. The molecule has 0 spiro atoms. The lowest BCUT2D eigenvalue weighted by Gasteiger charge is -2.29. The molecule has 150 valence electrons. The highest BCUT2D eigenvalue weighted by molar-refractivity contribution is 5.94. The van der Waals surface area contributed by atoms with Crippen molar-refractivity contribution in [1.29, 1.82) is 0 Å². The van der Waals surface area contributed by atoms with Gasteiger partial charge in [0.2, 0.25) is 0 Å². The van der Waals surface area contributed by atoms with Crippen molar-refractivity contribution in [3.05, 3.63) is 59.9 Å². The van der Waals surface area contributed by atoms with Crippen LogP contribution in [0.2, 0.25) is 0 Å². The molecule has 2 saturated heterocycles. The maximum Gasteiger partial charge on any atom is 0.253 e. The monoisotopic (exact) mass is 390 g/mol. The van der Waals surface area contributed by atoms with Crippen LogP contribution >= 0.6 is 0 Å². The van der Waals surface area contributed by atoms with Gasteiger partial charge < -0.3 is 19.1 Å². The number of nitrogens with zero attached hydrogens (tertiary/aromatic N) is 4. The molecule has 0 N–H and O–H groups in total. The zero-order chi connectivity index (χ0) is 19.8. The van der Waals surface area contributed by atoms with Gasteiger partial charge >= 0.3 is 0 Å². The van der Waals surface area contributed by atoms with E-state index in [1.54, 1.807) is 0 Å². The molecule has 2 aliphatic rings. The normalized spacial score (nSPS) is 19.8. The van der Waals surface area contributed by atoms with E-state index in [2.05, 4.69) is 39.6 Å². The number of hydrogen-bond acceptors (Lipinski definition) is 4. The lowest BCUT2D eigenvalue weighted by molar-refractivity contribution is 0.0787. The van der Waals surface area contributed by atoms with Crippen molar-refractivity contribution in [1.82, 2.24) is 14.5 Å². The van der Waals surface area contributed by atoms with E-state index in [-0.39, 0.29) is 11.9 Å². The van der Waals surface area contributed by atoms with Crippen LogP contribution in [-0.2, 0) is 4.74 Å². The lowest BCUT2D eigenvalue weighted by atomic mass is 10.1. The molecule has 3 aromatic rings. The van der Waals surface area contributed by atoms with Crippen molar-refractivity contribution in [2.24, 2.45) is 0 Å². The standard InChI is InChI=1S/C23H26N4O2/c1-17-24-21-4-2-3-5-22(21)27(17)20-10-11-26(16-20)23(28)18-6-8-19(9-7-18)25-12-14-29-15-13-25/h2-9,20H,10-16H2,1H3. The van der Waals surface area contributed by atoms with Crippen molar-refractivity contribution >= 4 is 22.6 Å². The molecule has 2 aliphatic heterocycles. The van der Waals surface area contributed by atoms with E-state index in [0.717, 1.165) is 73.9 Å². The minimum absolute atomic E-state index is 0.114. The molecule has 1 unspecified atom stereocenters. The summed E-state index contributed by atoms with van der Waals surface area (Å²) in [4.78, 5) is 22.0. The molecule has 0 bridgehead atoms. The van der Waals surface area contributed by atoms with Crippen LogP contribution in [0.15, 0.2) is 48.5 Å². The van der Waals surface area contributed by atoms with Crippen molar-refractivity contribution in [2.75, 3.05) is 44.3 Å². The Morgan fingerprint density at radius 3 is 2.59 bits per heavy atom. The third-order valence-corrected chi connectivity index (χ3v) is 6.08. The fourth-order valence-electron chi connectivity index (χ4n) is 4.58. The largest absolute Gasteiger partial charge is 0.378 e. The summed E-state index contributed by atoms with van der Waals surface area (Å²) in [6.45, 7) is 6.88. The van der Waals surface area contributed by atoms with Gasteiger partial charge in [0.1, 0.15) is 5.82 Å². The van der Waals surface area contributed by atoms with E-state index in [1.165, 1.54) is 0 Å². The Kier molecular flexibility index (Phi) is 4.72. The number of benzene rings is 2. The molecule has 2 aromatic carbocycles. The Morgan fingerprint density at radius 2 is 1.79 bits per heavy atom. The summed E-state index contributed by atoms with van der Waals surface area (Å²) in [7, 11) is 0. The predicted octanol–water partition coefficient (Wildman–Crippen LogP) is 3.27. The van der Waals surface area contributed by atoms with E-state index in [9.17, 15) is 4.79 Å². The van der Waals surface area contributed by atoms with Crippen LogP contribution in [0.1, 0.15) is 28.6 Å². The van der Waals surface area contributed by atoms with Crippen molar-refractivity contribution < 1.29 is 9.53 Å². The summed E-state index contributed by atoms with van der Waals surface area (Å²) in [6.07, 6.45) is 0.957. The van der Waals surface area contributed by atoms with E-state index in [4.69, 9.17) is 4.74 Å². The number of aromatic nitrogens is 2. The first-order valence-corrected chi connectivity index (χ1v) is 10.4. The maximum absolute atomic E-state index is 13.1. The van der Waals surface area contributed by atoms with Gasteiger partial charge in [-0.15, -0.1) is 0 Å². The summed E-state index contributed by atoms with van der Waals surface area (Å²) in [5.74, 6) is 1.13. The molecule has 2 fully saturated rings. The quantitative estimate of drug-likeness (QED) is 0.689. The summed E-state index contributed by atoms with van der Waals surface area (Å²) in [5, 5.41) is 0. The lowest BCUT2D eigenvalue weighted by Crippen LogP contribution is -2.36. The molecule has 1 amide bonds. The van der Waals surface area contributed by atoms with Crippen molar-refractivity contribution in [3.63, 3.8) is 0 Å². The van der Waals surface area contributed by atoms with Crippen molar-refractivity contribution in [2.45, 2.75) is 19.4 Å². The van der Waals surface area contributed by atoms with Gasteiger partial charge in [-0.2, -0.15) is 0 Å². The number of carbonyl (C=O) groups excluding carboxylic acids is 1. The van der Waals surface area contributed by atoms with Crippen LogP contribution in [0.5, 0.6) is 0 Å². The number of likely N-dealkylation sites (tertiary alicyclic amines) is 1. The van der Waals surface area contributed by atoms with E-state index >= 15 is 0 Å². The first kappa shape index (κ1) is 18.2. The molecule has 5 rings (SSSR count). The molecule has 29 heavy (non-hydrogen) atoms. The average Bonchev–Trinajstić information content (AvgIpc) is 3.37. The molecule has 0 saturated carbocycles. The topological polar surface area (TPSA) is 50.6 Å². The summed E-state index contributed by atoms with van der Waals surface area (Å²) in [6, 6.07) is 16.5. The van der Waals surface area contributed by atoms with Gasteiger partial charge in [0.05, 0.1) is 30.3 Å². The number of morpholine rings is 1. The number of imidazole rings is 1. The van der Waals surface area contributed by atoms with Gasteiger partial charge in [0.15, 0.2) is 0 Å². The van der Waals surface area contributed by atoms with Crippen molar-refractivity contribution in [3.8, 4) is 0 Å². The van der Waals surface area contributed by atoms with Crippen LogP contribution in [0.3, 0.4) is 0 Å². The number of amides is 1. The number of anilines is 1. The van der Waals surface area contributed by atoms with Gasteiger partial charge in [-0.3, -0.25) is 4.79 Å². The Bertz CT molecular complexity index is 1020. The van der Waals surface area contributed by atoms with E-state index < -0.39 is 0 Å². The smallest absolute Gasteiger partial charge is 0.253 e. The third-order valence-electron chi connectivity index (χ3n) is 6.08. The Hall–Kier alpha value is -2.86. The van der Waals surface area contributed by atoms with Gasteiger partial charge in [0, 0.05) is 37.4 Å². The highest BCUT2D eigenvalue weighted by atomic mass is 16.5. The van der Waals surface area contributed by atoms with Gasteiger partial charge in [-0.1, -0.05) is 12.1 Å². The van der Waals surface area contributed by atoms with Gasteiger partial charge in [-0.25, -0.2) is 4.98 Å². The third kappa shape index (κ3) is 3.38. The summed E-state index contributed by atoms with van der Waals surface area (Å²) >= 11 is 0. The van der Waals surface area contributed by atoms with Crippen LogP contribution in [0, 0.1) is 6.92 Å². The Balaban J connectivity index is 1.31. The zero-order valence-corrected chi connectivity index (χ0v) is 16.8. The maximum atomic E-state index is 13.1. The Morgan fingerprint density at radius 1 is 1.03 bits per heavy atom. The molecule has 6 heteroatoms. The first-order chi connectivity index (χ1) is 14.2. The number of para-hydroxylation sites is 2. The van der Waals surface area contributed by atoms with E-state index in [0.29, 0.717) is 0 Å². The number of fused-ring (bicyclic) bond motifs is 1. The first-order valence-electron chi connectivity index (χ1n) is 10.4. The second-order valence-electron chi connectivity index (χ2n) is 7.86. The molecule has 0 radical (unpaired) electrons. The zero-order valence-electron chi connectivity index (χ0n) is 16.8. The molecular weight excluding hydrogens is 364 g/mol. The number of aryl methyl sites for hydroxylation is 1. The van der Waals surface area contributed by atoms with Crippen LogP contribution in [0.4, 0.5) is 5.69 Å². The predicted molar refractivity (Wildman–Crippen MR) is 114 cm³/mol. The number of carbonyl (C=O) groups is 1. The summed E-state index contributed by atoms with van der Waals surface area (Å²) in [5.41, 5.74) is 4.09. The highest BCUT2D eigenvalue weighted by Crippen LogP contribution is 2.29. The van der Waals surface area contributed by atoms with Gasteiger partial charge in [0.25, 0.3) is 5.91 Å². The second kappa shape index (κ2) is 7.52. The molecule has 3 heterocycles. The van der Waals surface area contributed by atoms with E-state index in [1.807, 2.05) is 35.2 Å². The highest BCUT2D eigenvalue weighted by Gasteiger charge is 2.30. The van der Waals surface area contributed by atoms with Crippen LogP contribution < -0.4 is 4.90 Å². The number of ether oxygens (including phenoxy) is 1. The Labute approximate surface area is 170 Å². The van der Waals surface area contributed by atoms with Gasteiger partial charge in [-0.05, 0) is 49.7 Å². The van der Waals surface area contributed by atoms with Crippen LogP contribution in [-0.4, -0.2) is 59.8 Å². The average molecular weight is 390 g/mol. The SMILES string of the molecule is Cc1nc2ccccc2n1C1CCN(C(=O)c2ccc(N3CCOCC3)cc2)C1. The summed E-state index contributed by atoms with van der Waals surface area (Å²) < 4.78 is 7.71. The fourth-order valence-corrected chi connectivity index (χ4v) is 4.58. The molecule has 1 aromatic heterocycles. The fraction of sp³-hybridized carbons (Fsp3) is 0.391. The number of rotatable bonds is 3. The molecule has 1 atom stereocenters. The minimum atomic E-state index is 0.114. The minimum Gasteiger partial charge on any atom is -0.378 e. The second-order valence-corrected chi connectivity index (χ2v) is 7.86. The molecular formula is C23H26N4O2.